The zero-order valence-corrected chi connectivity index (χ0v) is 12.2. The number of methoxy groups -OCH3 is 1. The van der Waals surface area contributed by atoms with E-state index in [1.807, 2.05) is 6.07 Å². The lowest BCUT2D eigenvalue weighted by Crippen LogP contribution is -1.93. The minimum atomic E-state index is -0.338. The maximum atomic E-state index is 13.5. The van der Waals surface area contributed by atoms with Gasteiger partial charge in [0.05, 0.1) is 22.6 Å². The molecule has 0 saturated carbocycles. The molecule has 4 nitrogen and oxygen atoms in total. The van der Waals surface area contributed by atoms with E-state index in [0.29, 0.717) is 32.8 Å². The van der Waals surface area contributed by atoms with Gasteiger partial charge in [-0.05, 0) is 34.1 Å². The van der Waals surface area contributed by atoms with E-state index in [1.54, 1.807) is 25.3 Å². The molecule has 0 aliphatic heterocycles. The Balaban J connectivity index is 2.15. The number of benzene rings is 2. The number of H-pyrrole nitrogens is 1. The highest BCUT2D eigenvalue weighted by Crippen LogP contribution is 2.30. The van der Waals surface area contributed by atoms with Crippen LogP contribution in [0.3, 0.4) is 0 Å². The summed E-state index contributed by atoms with van der Waals surface area (Å²) in [6.07, 6.45) is 0. The molecule has 3 N–H and O–H groups in total. The van der Waals surface area contributed by atoms with E-state index in [2.05, 4.69) is 25.9 Å². The topological polar surface area (TPSA) is 63.9 Å². The first-order valence-corrected chi connectivity index (χ1v) is 6.66. The van der Waals surface area contributed by atoms with Crippen LogP contribution in [0.4, 0.5) is 10.1 Å². The minimum absolute atomic E-state index is 0.338. The van der Waals surface area contributed by atoms with Crippen LogP contribution in [0.2, 0.25) is 0 Å². The molecule has 3 rings (SSSR count). The first-order chi connectivity index (χ1) is 9.58. The van der Waals surface area contributed by atoms with Crippen LogP contribution < -0.4 is 10.5 Å². The second-order valence-electron chi connectivity index (χ2n) is 4.32. The average Bonchev–Trinajstić information content (AvgIpc) is 2.81. The fourth-order valence-corrected chi connectivity index (χ4v) is 2.35. The molecule has 0 atom stereocenters. The van der Waals surface area contributed by atoms with Crippen molar-refractivity contribution in [1.29, 1.82) is 0 Å². The summed E-state index contributed by atoms with van der Waals surface area (Å²) in [5.41, 5.74) is 8.57. The van der Waals surface area contributed by atoms with Gasteiger partial charge in [-0.3, -0.25) is 0 Å². The number of nitrogens with zero attached hydrogens (tertiary/aromatic N) is 1. The van der Waals surface area contributed by atoms with E-state index in [9.17, 15) is 4.39 Å². The Morgan fingerprint density at radius 3 is 2.80 bits per heavy atom. The number of rotatable bonds is 2. The summed E-state index contributed by atoms with van der Waals surface area (Å²) < 4.78 is 19.0. The first-order valence-electron chi connectivity index (χ1n) is 5.87. The first kappa shape index (κ1) is 12.9. The lowest BCUT2D eigenvalue weighted by atomic mass is 10.1. The van der Waals surface area contributed by atoms with E-state index in [-0.39, 0.29) is 5.82 Å². The van der Waals surface area contributed by atoms with Crippen LogP contribution in [0.5, 0.6) is 5.75 Å². The van der Waals surface area contributed by atoms with E-state index < -0.39 is 0 Å². The predicted octanol–water partition coefficient (Wildman–Crippen LogP) is 3.72. The van der Waals surface area contributed by atoms with Crippen LogP contribution in [-0.2, 0) is 0 Å². The molecule has 6 heteroatoms. The monoisotopic (exact) mass is 335 g/mol. The van der Waals surface area contributed by atoms with Gasteiger partial charge in [0.25, 0.3) is 0 Å². The number of anilines is 1. The Hall–Kier alpha value is -2.08. The molecule has 0 aliphatic carbocycles. The molecule has 0 amide bonds. The third kappa shape index (κ3) is 2.12. The number of ether oxygens (including phenoxy) is 1. The molecular formula is C14H11BrFN3O. The number of halogens is 2. The van der Waals surface area contributed by atoms with Crippen molar-refractivity contribution in [3.05, 3.63) is 40.6 Å². The van der Waals surface area contributed by atoms with Crippen molar-refractivity contribution in [2.45, 2.75) is 0 Å². The van der Waals surface area contributed by atoms with E-state index in [0.717, 1.165) is 5.56 Å². The van der Waals surface area contributed by atoms with Crippen molar-refractivity contribution in [3.63, 3.8) is 0 Å². The molecule has 0 spiro atoms. The molecular weight excluding hydrogens is 325 g/mol. The third-order valence-corrected chi connectivity index (χ3v) is 3.65. The number of nitrogens with one attached hydrogen (secondary N) is 1. The molecule has 0 radical (unpaired) electrons. The molecule has 3 aromatic rings. The quantitative estimate of drug-likeness (QED) is 0.701. The number of aromatic nitrogens is 2. The van der Waals surface area contributed by atoms with Gasteiger partial charge in [0.15, 0.2) is 0 Å². The average molecular weight is 336 g/mol. The molecule has 0 unspecified atom stereocenters. The molecule has 0 fully saturated rings. The van der Waals surface area contributed by atoms with Gasteiger partial charge in [0.1, 0.15) is 17.4 Å². The summed E-state index contributed by atoms with van der Waals surface area (Å²) in [6.45, 7) is 0. The largest absolute Gasteiger partial charge is 0.497 e. The predicted molar refractivity (Wildman–Crippen MR) is 80.2 cm³/mol. The molecule has 20 heavy (non-hydrogen) atoms. The van der Waals surface area contributed by atoms with Gasteiger partial charge in [-0.1, -0.05) is 0 Å². The second-order valence-corrected chi connectivity index (χ2v) is 5.18. The number of aromatic amines is 1. The zero-order valence-electron chi connectivity index (χ0n) is 10.6. The van der Waals surface area contributed by atoms with Crippen LogP contribution in [0.15, 0.2) is 34.8 Å². The van der Waals surface area contributed by atoms with E-state index >= 15 is 0 Å². The minimum Gasteiger partial charge on any atom is -0.497 e. The van der Waals surface area contributed by atoms with E-state index in [1.165, 1.54) is 6.07 Å². The lowest BCUT2D eigenvalue weighted by molar-refractivity contribution is 0.415. The summed E-state index contributed by atoms with van der Waals surface area (Å²) in [5.74, 6) is 0.934. The van der Waals surface area contributed by atoms with Gasteiger partial charge >= 0.3 is 0 Å². The van der Waals surface area contributed by atoms with E-state index in [4.69, 9.17) is 10.5 Å². The Bertz CT molecular complexity index is 761. The van der Waals surface area contributed by atoms with Crippen molar-refractivity contribution in [2.24, 2.45) is 0 Å². The maximum Gasteiger partial charge on any atom is 0.140 e. The molecule has 0 saturated heterocycles. The van der Waals surface area contributed by atoms with Gasteiger partial charge in [-0.25, -0.2) is 9.37 Å². The number of nitrogens with two attached hydrogens (primary N) is 1. The van der Waals surface area contributed by atoms with Crippen molar-refractivity contribution < 1.29 is 9.13 Å². The highest BCUT2D eigenvalue weighted by molar-refractivity contribution is 9.10. The normalized spacial score (nSPS) is 10.9. The van der Waals surface area contributed by atoms with Crippen LogP contribution in [-0.4, -0.2) is 17.1 Å². The Morgan fingerprint density at radius 1 is 1.30 bits per heavy atom. The fourth-order valence-electron chi connectivity index (χ4n) is 2.02. The van der Waals surface area contributed by atoms with Gasteiger partial charge in [0, 0.05) is 23.4 Å². The third-order valence-electron chi connectivity index (χ3n) is 3.04. The van der Waals surface area contributed by atoms with Gasteiger partial charge in [0.2, 0.25) is 0 Å². The summed E-state index contributed by atoms with van der Waals surface area (Å²) in [4.78, 5) is 7.49. The number of imidazole rings is 1. The van der Waals surface area contributed by atoms with Crippen LogP contribution >= 0.6 is 15.9 Å². The Morgan fingerprint density at radius 2 is 2.10 bits per heavy atom. The SMILES string of the molecule is COc1ccc(-c2nc3cc(Br)c(F)cc3[nH]2)c(N)c1. The molecule has 0 aliphatic rings. The summed E-state index contributed by atoms with van der Waals surface area (Å²) in [6, 6.07) is 8.37. The number of fused-ring (bicyclic) bond motifs is 1. The molecule has 102 valence electrons. The number of hydrogen-bond acceptors (Lipinski definition) is 3. The van der Waals surface area contributed by atoms with Crippen LogP contribution in [0.1, 0.15) is 0 Å². The number of nitrogen functional groups attached to an aromatic ring is 1. The summed E-state index contributed by atoms with van der Waals surface area (Å²) in [7, 11) is 1.58. The molecule has 2 aromatic carbocycles. The van der Waals surface area contributed by atoms with Crippen LogP contribution in [0, 0.1) is 5.82 Å². The fraction of sp³-hybridized carbons (Fsp3) is 0.0714. The summed E-state index contributed by atoms with van der Waals surface area (Å²) >= 11 is 3.15. The molecule has 1 heterocycles. The lowest BCUT2D eigenvalue weighted by Gasteiger charge is -2.05. The standard InChI is InChI=1S/C14H11BrFN3O/c1-20-7-2-3-8(11(17)4-7)14-18-12-5-9(15)10(16)6-13(12)19-14/h2-6H,17H2,1H3,(H,18,19). The molecule has 1 aromatic heterocycles. The maximum absolute atomic E-state index is 13.5. The van der Waals surface area contributed by atoms with Crippen molar-refractivity contribution >= 4 is 32.7 Å². The van der Waals surface area contributed by atoms with Crippen LogP contribution in [0.25, 0.3) is 22.4 Å². The second kappa shape index (κ2) is 4.79. The van der Waals surface area contributed by atoms with Gasteiger partial charge in [-0.15, -0.1) is 0 Å². The van der Waals surface area contributed by atoms with Gasteiger partial charge in [-0.2, -0.15) is 0 Å². The Kier molecular flexibility index (Phi) is 3.10. The van der Waals surface area contributed by atoms with Crippen molar-refractivity contribution in [1.82, 2.24) is 9.97 Å². The molecule has 0 bridgehead atoms. The van der Waals surface area contributed by atoms with Crippen molar-refractivity contribution in [2.75, 3.05) is 12.8 Å². The number of hydrogen-bond donors (Lipinski definition) is 2. The highest BCUT2D eigenvalue weighted by atomic mass is 79.9. The summed E-state index contributed by atoms with van der Waals surface area (Å²) in [5, 5.41) is 0. The van der Waals surface area contributed by atoms with Gasteiger partial charge < -0.3 is 15.5 Å². The zero-order chi connectivity index (χ0) is 14.3. The smallest absolute Gasteiger partial charge is 0.140 e. The Labute approximate surface area is 122 Å². The highest BCUT2D eigenvalue weighted by Gasteiger charge is 2.11. The van der Waals surface area contributed by atoms with Crippen molar-refractivity contribution in [3.8, 4) is 17.1 Å².